The summed E-state index contributed by atoms with van der Waals surface area (Å²) in [7, 11) is 3.33. The van der Waals surface area contributed by atoms with Gasteiger partial charge in [0.05, 0.1) is 24.1 Å². The van der Waals surface area contributed by atoms with Gasteiger partial charge >= 0.3 is 0 Å². The van der Waals surface area contributed by atoms with Crippen molar-refractivity contribution in [3.05, 3.63) is 53.9 Å². The van der Waals surface area contributed by atoms with E-state index in [0.29, 0.717) is 36.5 Å². The smallest absolute Gasteiger partial charge is 0.257 e. The van der Waals surface area contributed by atoms with Crippen LogP contribution in [0.3, 0.4) is 0 Å². The number of likely N-dealkylation sites (N-methyl/N-ethyl adjacent to an activating group) is 1. The lowest BCUT2D eigenvalue weighted by Gasteiger charge is -2.36. The van der Waals surface area contributed by atoms with E-state index in [9.17, 15) is 14.4 Å². The molecule has 0 fully saturated rings. The predicted molar refractivity (Wildman–Crippen MR) is 137 cm³/mol. The van der Waals surface area contributed by atoms with Crippen LogP contribution in [0.2, 0.25) is 0 Å². The summed E-state index contributed by atoms with van der Waals surface area (Å²) in [6.45, 7) is 6.71. The number of carbonyl (C=O) groups excluding carboxylic acids is 3. The Morgan fingerprint density at radius 1 is 1.22 bits per heavy atom. The number of carbonyl (C=O) groups is 3. The SMILES string of the molecule is CCC(=O)Nc1ccc2c(c1)C(=O)N(C)C[C@@H](OC)[C@@H](C)CN(C(=O)Cc1cccnc1)[C@H](C)CO2. The van der Waals surface area contributed by atoms with Gasteiger partial charge in [-0.3, -0.25) is 19.4 Å². The first-order chi connectivity index (χ1) is 17.2. The van der Waals surface area contributed by atoms with Crippen LogP contribution >= 0.6 is 0 Å². The second-order valence-electron chi connectivity index (χ2n) is 9.29. The highest BCUT2D eigenvalue weighted by Crippen LogP contribution is 2.26. The molecule has 0 saturated heterocycles. The maximum Gasteiger partial charge on any atom is 0.257 e. The van der Waals surface area contributed by atoms with Crippen LogP contribution in [0.1, 0.15) is 43.1 Å². The number of benzene rings is 1. The Hall–Kier alpha value is -3.46. The Morgan fingerprint density at radius 2 is 2.00 bits per heavy atom. The summed E-state index contributed by atoms with van der Waals surface area (Å²) in [5, 5.41) is 2.80. The molecule has 0 radical (unpaired) electrons. The number of anilines is 1. The van der Waals surface area contributed by atoms with Crippen LogP contribution in [-0.2, 0) is 20.7 Å². The lowest BCUT2D eigenvalue weighted by molar-refractivity contribution is -0.134. The molecule has 3 atom stereocenters. The molecule has 194 valence electrons. The molecule has 1 aromatic heterocycles. The van der Waals surface area contributed by atoms with Gasteiger partial charge in [0.25, 0.3) is 5.91 Å². The van der Waals surface area contributed by atoms with Gasteiger partial charge in [-0.2, -0.15) is 0 Å². The summed E-state index contributed by atoms with van der Waals surface area (Å²) in [6.07, 6.45) is 3.66. The van der Waals surface area contributed by atoms with Crippen LogP contribution in [0.15, 0.2) is 42.7 Å². The van der Waals surface area contributed by atoms with Crippen molar-refractivity contribution in [1.82, 2.24) is 14.8 Å². The van der Waals surface area contributed by atoms with E-state index in [1.807, 2.05) is 30.9 Å². The summed E-state index contributed by atoms with van der Waals surface area (Å²) in [5.74, 6) is -0.0470. The Balaban J connectivity index is 1.93. The van der Waals surface area contributed by atoms with Gasteiger partial charge in [-0.15, -0.1) is 0 Å². The quantitative estimate of drug-likeness (QED) is 0.683. The number of methoxy groups -OCH3 is 1. The summed E-state index contributed by atoms with van der Waals surface area (Å²) < 4.78 is 11.9. The molecular weight excluding hydrogens is 460 g/mol. The van der Waals surface area contributed by atoms with E-state index in [4.69, 9.17) is 9.47 Å². The third-order valence-electron chi connectivity index (χ3n) is 6.45. The van der Waals surface area contributed by atoms with Crippen LogP contribution in [0.5, 0.6) is 5.75 Å². The molecule has 0 bridgehead atoms. The fourth-order valence-electron chi connectivity index (χ4n) is 4.23. The molecule has 3 rings (SSSR count). The summed E-state index contributed by atoms with van der Waals surface area (Å²) in [4.78, 5) is 46.2. The van der Waals surface area contributed by atoms with Crippen molar-refractivity contribution in [2.24, 2.45) is 5.92 Å². The Labute approximate surface area is 212 Å². The summed E-state index contributed by atoms with van der Waals surface area (Å²) >= 11 is 0. The first-order valence-electron chi connectivity index (χ1n) is 12.3. The highest BCUT2D eigenvalue weighted by Gasteiger charge is 2.30. The van der Waals surface area contributed by atoms with Gasteiger partial charge in [0, 0.05) is 57.7 Å². The van der Waals surface area contributed by atoms with E-state index < -0.39 is 0 Å². The second kappa shape index (κ2) is 12.5. The Bertz CT molecular complexity index is 1060. The van der Waals surface area contributed by atoms with E-state index >= 15 is 0 Å². The van der Waals surface area contributed by atoms with E-state index in [2.05, 4.69) is 10.3 Å². The molecule has 0 unspecified atom stereocenters. The number of ether oxygens (including phenoxy) is 2. The second-order valence-corrected chi connectivity index (χ2v) is 9.29. The van der Waals surface area contributed by atoms with Gasteiger partial charge < -0.3 is 24.6 Å². The van der Waals surface area contributed by atoms with Gasteiger partial charge in [0.1, 0.15) is 12.4 Å². The minimum absolute atomic E-state index is 0.0276. The molecule has 1 aliphatic rings. The van der Waals surface area contributed by atoms with Crippen LogP contribution in [-0.4, -0.2) is 78.5 Å². The lowest BCUT2D eigenvalue weighted by atomic mass is 10.0. The van der Waals surface area contributed by atoms with Crippen LogP contribution in [0.25, 0.3) is 0 Å². The molecule has 3 amide bonds. The van der Waals surface area contributed by atoms with Crippen LogP contribution < -0.4 is 10.1 Å². The first-order valence-corrected chi connectivity index (χ1v) is 12.3. The highest BCUT2D eigenvalue weighted by atomic mass is 16.5. The number of pyridine rings is 1. The molecule has 36 heavy (non-hydrogen) atoms. The minimum atomic E-state index is -0.286. The molecule has 1 N–H and O–H groups in total. The van der Waals surface area contributed by atoms with Crippen molar-refractivity contribution < 1.29 is 23.9 Å². The standard InChI is InChI=1S/C27H36N4O5/c1-6-25(32)29-21-9-10-23-22(13-21)27(34)30(4)16-24(35-5)18(2)15-31(19(3)17-36-23)26(33)12-20-8-7-11-28-14-20/h7-11,13-14,18-19,24H,6,12,15-17H2,1-5H3,(H,29,32)/t18-,19+,24+/m0/s1. The average molecular weight is 497 g/mol. The third kappa shape index (κ3) is 6.81. The summed E-state index contributed by atoms with van der Waals surface area (Å²) in [5.41, 5.74) is 1.71. The van der Waals surface area contributed by atoms with Gasteiger partial charge in [-0.1, -0.05) is 19.9 Å². The fraction of sp³-hybridized carbons (Fsp3) is 0.481. The van der Waals surface area contributed by atoms with Crippen molar-refractivity contribution in [3.63, 3.8) is 0 Å². The molecule has 1 aromatic carbocycles. The van der Waals surface area contributed by atoms with Gasteiger partial charge in [-0.05, 0) is 36.8 Å². The highest BCUT2D eigenvalue weighted by molar-refractivity contribution is 5.99. The Kier molecular flexibility index (Phi) is 9.41. The molecule has 2 heterocycles. The zero-order valence-electron chi connectivity index (χ0n) is 21.7. The number of fused-ring (bicyclic) bond motifs is 1. The minimum Gasteiger partial charge on any atom is -0.491 e. The lowest BCUT2D eigenvalue weighted by Crippen LogP contribution is -2.49. The third-order valence-corrected chi connectivity index (χ3v) is 6.45. The van der Waals surface area contributed by atoms with E-state index in [0.717, 1.165) is 5.56 Å². The molecule has 0 aliphatic carbocycles. The molecule has 9 heteroatoms. The van der Waals surface area contributed by atoms with Crippen molar-refractivity contribution in [2.45, 2.75) is 45.8 Å². The van der Waals surface area contributed by atoms with Crippen molar-refractivity contribution in [3.8, 4) is 5.75 Å². The maximum atomic E-state index is 13.4. The zero-order chi connectivity index (χ0) is 26.2. The van der Waals surface area contributed by atoms with E-state index in [-0.39, 0.29) is 48.8 Å². The Morgan fingerprint density at radius 3 is 2.67 bits per heavy atom. The fourth-order valence-corrected chi connectivity index (χ4v) is 4.23. The molecule has 2 aromatic rings. The van der Waals surface area contributed by atoms with E-state index in [1.165, 1.54) is 0 Å². The molecule has 9 nitrogen and oxygen atoms in total. The van der Waals surface area contributed by atoms with Crippen LogP contribution in [0.4, 0.5) is 5.69 Å². The number of rotatable bonds is 5. The first kappa shape index (κ1) is 27.1. The number of amides is 3. The predicted octanol–water partition coefficient (Wildman–Crippen LogP) is 3.01. The van der Waals surface area contributed by atoms with Gasteiger partial charge in [-0.25, -0.2) is 0 Å². The van der Waals surface area contributed by atoms with E-state index in [1.54, 1.807) is 56.6 Å². The summed E-state index contributed by atoms with van der Waals surface area (Å²) in [6, 6.07) is 8.47. The van der Waals surface area contributed by atoms with Crippen LogP contribution in [0, 0.1) is 5.92 Å². The topological polar surface area (TPSA) is 101 Å². The number of aromatic nitrogens is 1. The number of nitrogens with one attached hydrogen (secondary N) is 1. The van der Waals surface area contributed by atoms with Crippen molar-refractivity contribution >= 4 is 23.4 Å². The zero-order valence-corrected chi connectivity index (χ0v) is 21.7. The van der Waals surface area contributed by atoms with Crippen molar-refractivity contribution in [1.29, 1.82) is 0 Å². The molecule has 0 spiro atoms. The largest absolute Gasteiger partial charge is 0.491 e. The normalized spacial score (nSPS) is 21.0. The number of hydrogen-bond acceptors (Lipinski definition) is 6. The van der Waals surface area contributed by atoms with Crippen molar-refractivity contribution in [2.75, 3.05) is 39.2 Å². The number of hydrogen-bond donors (Lipinski definition) is 1. The van der Waals surface area contributed by atoms with Gasteiger partial charge in [0.15, 0.2) is 0 Å². The average Bonchev–Trinajstić information content (AvgIpc) is 2.88. The maximum absolute atomic E-state index is 13.4. The molecule has 1 aliphatic heterocycles. The monoisotopic (exact) mass is 496 g/mol. The molecule has 0 saturated carbocycles. The number of nitrogens with zero attached hydrogens (tertiary/aromatic N) is 3. The molecular formula is C27H36N4O5. The van der Waals surface area contributed by atoms with Gasteiger partial charge in [0.2, 0.25) is 11.8 Å².